The summed E-state index contributed by atoms with van der Waals surface area (Å²) in [5.74, 6) is 6.57. The Morgan fingerprint density at radius 3 is 2.63 bits per heavy atom. The number of methoxy groups -OCH3 is 1. The monoisotopic (exact) mass is 564 g/mol. The summed E-state index contributed by atoms with van der Waals surface area (Å²) in [6, 6.07) is 7.99. The molecule has 4 heterocycles. The molecule has 0 aliphatic carbocycles. The Bertz CT molecular complexity index is 1620. The molecular weight excluding hydrogens is 537 g/mol. The van der Waals surface area contributed by atoms with Crippen LogP contribution in [0.4, 0.5) is 29.5 Å². The third kappa shape index (κ3) is 6.92. The van der Waals surface area contributed by atoms with Gasteiger partial charge >= 0.3 is 12.2 Å². The van der Waals surface area contributed by atoms with Crippen LogP contribution in [0.25, 0.3) is 5.65 Å². The lowest BCUT2D eigenvalue weighted by Gasteiger charge is -2.33. The molecule has 3 aromatic heterocycles. The van der Waals surface area contributed by atoms with E-state index in [1.54, 1.807) is 35.1 Å². The number of carbonyl (C=O) groups excluding carboxylic acids is 1. The summed E-state index contributed by atoms with van der Waals surface area (Å²) in [7, 11) is 3.50. The van der Waals surface area contributed by atoms with E-state index in [9.17, 15) is 18.0 Å². The molecule has 0 atom stereocenters. The van der Waals surface area contributed by atoms with Gasteiger partial charge in [-0.15, -0.1) is 0 Å². The maximum absolute atomic E-state index is 13.9. The molecule has 1 aliphatic rings. The van der Waals surface area contributed by atoms with Crippen molar-refractivity contribution in [1.29, 1.82) is 0 Å². The molecule has 4 aromatic rings. The fourth-order valence-corrected chi connectivity index (χ4v) is 4.35. The van der Waals surface area contributed by atoms with Gasteiger partial charge in [-0.25, -0.2) is 14.3 Å². The summed E-state index contributed by atoms with van der Waals surface area (Å²) in [6.07, 6.45) is 0.185. The number of hydrogen-bond acceptors (Lipinski definition) is 7. The molecule has 0 bridgehead atoms. The van der Waals surface area contributed by atoms with Crippen LogP contribution in [0.3, 0.4) is 0 Å². The van der Waals surface area contributed by atoms with Crippen LogP contribution in [0, 0.1) is 11.8 Å². The quantitative estimate of drug-likeness (QED) is 0.354. The minimum absolute atomic E-state index is 0.0175. The number of nitrogens with zero attached hydrogens (tertiary/aromatic N) is 6. The minimum atomic E-state index is -4.56. The van der Waals surface area contributed by atoms with Crippen LogP contribution in [0.5, 0.6) is 5.88 Å². The Hall–Kier alpha value is -4.67. The van der Waals surface area contributed by atoms with Gasteiger partial charge in [0.25, 0.3) is 0 Å². The number of likely N-dealkylation sites (N-methyl/N-ethyl adjacent to an activating group) is 1. The van der Waals surface area contributed by atoms with Crippen LogP contribution in [0.15, 0.2) is 55.0 Å². The zero-order valence-electron chi connectivity index (χ0n) is 22.4. The Morgan fingerprint density at radius 2 is 1.88 bits per heavy atom. The van der Waals surface area contributed by atoms with Crippen molar-refractivity contribution in [3.8, 4) is 17.7 Å². The molecule has 0 radical (unpaired) electrons. The largest absolute Gasteiger partial charge is 0.481 e. The fourth-order valence-electron chi connectivity index (χ4n) is 4.35. The predicted octanol–water partition coefficient (Wildman–Crippen LogP) is 3.94. The molecular formula is C28H27F3N8O2. The third-order valence-electron chi connectivity index (χ3n) is 6.56. The van der Waals surface area contributed by atoms with E-state index in [4.69, 9.17) is 4.74 Å². The second-order valence-electron chi connectivity index (χ2n) is 9.50. The number of rotatable bonds is 5. The summed E-state index contributed by atoms with van der Waals surface area (Å²) in [6.45, 7) is 3.17. The first kappa shape index (κ1) is 27.9. The van der Waals surface area contributed by atoms with Crippen molar-refractivity contribution >= 4 is 23.2 Å². The van der Waals surface area contributed by atoms with E-state index in [0.29, 0.717) is 35.7 Å². The number of anilines is 2. The number of ether oxygens (including phenoxy) is 1. The van der Waals surface area contributed by atoms with E-state index in [0.717, 1.165) is 19.2 Å². The molecule has 0 unspecified atom stereocenters. The molecule has 1 fully saturated rings. The number of carbonyl (C=O) groups is 1. The molecule has 212 valence electrons. The number of halogens is 3. The summed E-state index contributed by atoms with van der Waals surface area (Å²) >= 11 is 0. The SMILES string of the molecule is COc1ccn2ncc(C#Cc3ccnc(NC(=O)Nc4ccc(CN5CCN(C)CC5)c(C(F)(F)F)c4)c3)c2n1. The normalized spacial score (nSPS) is 14.4. The van der Waals surface area contributed by atoms with Gasteiger partial charge in [0.05, 0.1) is 24.4 Å². The van der Waals surface area contributed by atoms with Gasteiger partial charge in [0.15, 0.2) is 5.65 Å². The lowest BCUT2D eigenvalue weighted by Crippen LogP contribution is -2.44. The minimum Gasteiger partial charge on any atom is -0.481 e. The van der Waals surface area contributed by atoms with Gasteiger partial charge in [0.1, 0.15) is 5.82 Å². The number of nitrogens with one attached hydrogen (secondary N) is 2. The maximum atomic E-state index is 13.9. The van der Waals surface area contributed by atoms with Gasteiger partial charge in [0, 0.05) is 62.4 Å². The Balaban J connectivity index is 1.26. The highest BCUT2D eigenvalue weighted by atomic mass is 19.4. The molecule has 41 heavy (non-hydrogen) atoms. The lowest BCUT2D eigenvalue weighted by molar-refractivity contribution is -0.138. The van der Waals surface area contributed by atoms with Gasteiger partial charge in [-0.2, -0.15) is 23.3 Å². The average Bonchev–Trinajstić information content (AvgIpc) is 3.35. The first-order valence-electron chi connectivity index (χ1n) is 12.7. The van der Waals surface area contributed by atoms with Crippen LogP contribution < -0.4 is 15.4 Å². The molecule has 5 rings (SSSR count). The summed E-state index contributed by atoms with van der Waals surface area (Å²) in [4.78, 5) is 25.2. The Kier molecular flexibility index (Phi) is 8.04. The molecule has 13 heteroatoms. The first-order valence-corrected chi connectivity index (χ1v) is 12.7. The van der Waals surface area contributed by atoms with Crippen LogP contribution >= 0.6 is 0 Å². The summed E-state index contributed by atoms with van der Waals surface area (Å²) in [5.41, 5.74) is 1.06. The van der Waals surface area contributed by atoms with Crippen molar-refractivity contribution in [3.63, 3.8) is 0 Å². The van der Waals surface area contributed by atoms with Crippen LogP contribution in [-0.2, 0) is 12.7 Å². The molecule has 2 amide bonds. The second kappa shape index (κ2) is 11.8. The first-order chi connectivity index (χ1) is 19.7. The number of benzene rings is 1. The van der Waals surface area contributed by atoms with E-state index in [1.165, 1.54) is 25.4 Å². The smallest absolute Gasteiger partial charge is 0.416 e. The highest BCUT2D eigenvalue weighted by Crippen LogP contribution is 2.34. The number of urea groups is 1. The van der Waals surface area contributed by atoms with Crippen molar-refractivity contribution < 1.29 is 22.7 Å². The third-order valence-corrected chi connectivity index (χ3v) is 6.56. The Labute approximate surface area is 234 Å². The number of fused-ring (bicyclic) bond motifs is 1. The average molecular weight is 565 g/mol. The zero-order valence-corrected chi connectivity index (χ0v) is 22.4. The van der Waals surface area contributed by atoms with E-state index < -0.39 is 17.8 Å². The fraction of sp³-hybridized carbons (Fsp3) is 0.286. The highest BCUT2D eigenvalue weighted by molar-refractivity contribution is 5.99. The molecule has 1 aromatic carbocycles. The molecule has 2 N–H and O–H groups in total. The van der Waals surface area contributed by atoms with Crippen LogP contribution in [-0.4, -0.2) is 75.7 Å². The lowest BCUT2D eigenvalue weighted by atomic mass is 10.0. The number of piperazine rings is 1. The van der Waals surface area contributed by atoms with Crippen LogP contribution in [0.1, 0.15) is 22.3 Å². The standard InChI is InChI=1S/C28H27F3N8O2/c1-37-11-13-38(14-12-37)18-21-5-6-22(16-23(21)28(29,30)31)34-27(40)35-24-15-19(7-9-32-24)3-4-20-17-33-39-10-8-25(41-2)36-26(20)39/h5-10,15-17H,11-14,18H2,1-2H3,(H2,32,34,35,40). The number of aromatic nitrogens is 4. The second-order valence-corrected chi connectivity index (χ2v) is 9.50. The molecule has 1 saturated heterocycles. The Morgan fingerprint density at radius 1 is 1.07 bits per heavy atom. The van der Waals surface area contributed by atoms with E-state index >= 15 is 0 Å². The van der Waals surface area contributed by atoms with Crippen molar-refractivity contribution in [1.82, 2.24) is 29.4 Å². The maximum Gasteiger partial charge on any atom is 0.416 e. The van der Waals surface area contributed by atoms with Gasteiger partial charge in [-0.1, -0.05) is 17.9 Å². The van der Waals surface area contributed by atoms with Crippen LogP contribution in [0.2, 0.25) is 0 Å². The summed E-state index contributed by atoms with van der Waals surface area (Å²) < 4.78 is 48.4. The topological polar surface area (TPSA) is 99.9 Å². The van der Waals surface area contributed by atoms with E-state index in [1.807, 2.05) is 11.9 Å². The van der Waals surface area contributed by atoms with E-state index in [2.05, 4.69) is 42.4 Å². The number of hydrogen-bond donors (Lipinski definition) is 2. The van der Waals surface area contributed by atoms with Gasteiger partial charge in [0.2, 0.25) is 5.88 Å². The number of amides is 2. The molecule has 1 aliphatic heterocycles. The number of pyridine rings is 1. The van der Waals surface area contributed by atoms with Crippen molar-refractivity contribution in [3.05, 3.63) is 77.2 Å². The highest BCUT2D eigenvalue weighted by Gasteiger charge is 2.34. The molecule has 0 spiro atoms. The van der Waals surface area contributed by atoms with E-state index in [-0.39, 0.29) is 23.6 Å². The van der Waals surface area contributed by atoms with Gasteiger partial charge < -0.3 is 15.0 Å². The van der Waals surface area contributed by atoms with Crippen molar-refractivity contribution in [2.75, 3.05) is 51.0 Å². The zero-order chi connectivity index (χ0) is 29.0. The van der Waals surface area contributed by atoms with Crippen molar-refractivity contribution in [2.45, 2.75) is 12.7 Å². The number of alkyl halides is 3. The summed E-state index contributed by atoms with van der Waals surface area (Å²) in [5, 5.41) is 9.22. The van der Waals surface area contributed by atoms with Crippen molar-refractivity contribution in [2.24, 2.45) is 0 Å². The molecule has 0 saturated carbocycles. The van der Waals surface area contributed by atoms with Gasteiger partial charge in [-0.05, 0) is 36.9 Å². The predicted molar refractivity (Wildman–Crippen MR) is 147 cm³/mol. The van der Waals surface area contributed by atoms with Gasteiger partial charge in [-0.3, -0.25) is 10.2 Å². The molecule has 10 nitrogen and oxygen atoms in total.